The average molecular weight is 130 g/mol. The topological polar surface area (TPSA) is 35.5 Å². The number of hydrogen-bond acceptors (Lipinski definition) is 3. The van der Waals surface area contributed by atoms with Gasteiger partial charge >= 0.3 is 0 Å². The third-order valence-electron chi connectivity index (χ3n) is 0.732. The predicted molar refractivity (Wildman–Crippen MR) is 33.0 cm³/mol. The number of carbonyl (C=O) groups is 1. The highest BCUT2D eigenvalue weighted by atomic mass is 16.5. The van der Waals surface area contributed by atoms with Crippen molar-refractivity contribution >= 4 is 6.29 Å². The molecule has 9 heavy (non-hydrogen) atoms. The van der Waals surface area contributed by atoms with Gasteiger partial charge in [-0.05, 0) is 0 Å². The maximum Gasteiger partial charge on any atom is 0.151 e. The third kappa shape index (κ3) is 3.73. The fraction of sp³-hybridized carbons (Fsp3) is 0.500. The summed E-state index contributed by atoms with van der Waals surface area (Å²) in [5.41, 5.74) is 0.500. The summed E-state index contributed by atoms with van der Waals surface area (Å²) in [6.07, 6.45) is 2.06. The largest absolute Gasteiger partial charge is 0.504 e. The molecule has 0 aliphatic carbocycles. The van der Waals surface area contributed by atoms with Crippen LogP contribution in [0.25, 0.3) is 0 Å². The van der Waals surface area contributed by atoms with Gasteiger partial charge in [0.1, 0.15) is 0 Å². The smallest absolute Gasteiger partial charge is 0.151 e. The molecule has 0 atom stereocenters. The van der Waals surface area contributed by atoms with Crippen molar-refractivity contribution in [2.24, 2.45) is 0 Å². The quantitative estimate of drug-likeness (QED) is 0.313. The van der Waals surface area contributed by atoms with E-state index < -0.39 is 0 Å². The zero-order chi connectivity index (χ0) is 7.11. The summed E-state index contributed by atoms with van der Waals surface area (Å²) in [5.74, 6) is 0. The zero-order valence-electron chi connectivity index (χ0n) is 5.59. The van der Waals surface area contributed by atoms with Crippen molar-refractivity contribution in [3.8, 4) is 0 Å². The molecule has 0 radical (unpaired) electrons. The van der Waals surface area contributed by atoms with Crippen molar-refractivity contribution in [1.82, 2.24) is 0 Å². The van der Waals surface area contributed by atoms with E-state index in [1.54, 1.807) is 0 Å². The van der Waals surface area contributed by atoms with Gasteiger partial charge in [-0.15, -0.1) is 0 Å². The molecule has 0 aromatic carbocycles. The van der Waals surface area contributed by atoms with Crippen LogP contribution in [-0.4, -0.2) is 27.1 Å². The van der Waals surface area contributed by atoms with E-state index in [0.717, 1.165) is 0 Å². The standard InChI is InChI=1S/C6H10O3/c1-8-4-6(3-7)5-9-2/h3-4H,5H2,1-2H3. The first-order valence-electron chi connectivity index (χ1n) is 2.51. The molecule has 0 N–H and O–H groups in total. The molecular weight excluding hydrogens is 120 g/mol. The molecule has 0 spiro atoms. The number of aldehydes is 1. The molecule has 0 saturated heterocycles. The van der Waals surface area contributed by atoms with Gasteiger partial charge in [0.25, 0.3) is 0 Å². The molecule has 3 heteroatoms. The van der Waals surface area contributed by atoms with Gasteiger partial charge in [-0.1, -0.05) is 0 Å². The Morgan fingerprint density at radius 3 is 2.56 bits per heavy atom. The Morgan fingerprint density at radius 1 is 1.56 bits per heavy atom. The summed E-state index contributed by atoms with van der Waals surface area (Å²) in [5, 5.41) is 0. The molecule has 0 rings (SSSR count). The van der Waals surface area contributed by atoms with Gasteiger partial charge < -0.3 is 9.47 Å². The van der Waals surface area contributed by atoms with Crippen molar-refractivity contribution < 1.29 is 14.3 Å². The Morgan fingerprint density at radius 2 is 2.22 bits per heavy atom. The maximum absolute atomic E-state index is 10.1. The lowest BCUT2D eigenvalue weighted by molar-refractivity contribution is -0.105. The Balaban J connectivity index is 3.66. The van der Waals surface area contributed by atoms with Crippen LogP contribution in [0.1, 0.15) is 0 Å². The number of hydrogen-bond donors (Lipinski definition) is 0. The van der Waals surface area contributed by atoms with Gasteiger partial charge in [-0.2, -0.15) is 0 Å². The van der Waals surface area contributed by atoms with E-state index in [4.69, 9.17) is 0 Å². The van der Waals surface area contributed by atoms with Crippen LogP contribution in [0.3, 0.4) is 0 Å². The summed E-state index contributed by atoms with van der Waals surface area (Å²) >= 11 is 0. The molecule has 0 unspecified atom stereocenters. The van der Waals surface area contributed by atoms with Crippen molar-refractivity contribution in [2.75, 3.05) is 20.8 Å². The molecule has 0 saturated carbocycles. The highest BCUT2D eigenvalue weighted by Crippen LogP contribution is 1.88. The molecule has 0 bridgehead atoms. The van der Waals surface area contributed by atoms with Crippen molar-refractivity contribution in [1.29, 1.82) is 0 Å². The van der Waals surface area contributed by atoms with E-state index in [9.17, 15) is 4.79 Å². The van der Waals surface area contributed by atoms with Crippen LogP contribution < -0.4 is 0 Å². The lowest BCUT2D eigenvalue weighted by Gasteiger charge is -1.94. The highest BCUT2D eigenvalue weighted by molar-refractivity contribution is 5.72. The second kappa shape index (κ2) is 5.31. The van der Waals surface area contributed by atoms with Gasteiger partial charge in [0.2, 0.25) is 0 Å². The fourth-order valence-electron chi connectivity index (χ4n) is 0.414. The van der Waals surface area contributed by atoms with Gasteiger partial charge in [-0.25, -0.2) is 0 Å². The van der Waals surface area contributed by atoms with Crippen LogP contribution in [0.5, 0.6) is 0 Å². The number of ether oxygens (including phenoxy) is 2. The van der Waals surface area contributed by atoms with E-state index in [0.29, 0.717) is 18.5 Å². The molecule has 0 heterocycles. The first-order chi connectivity index (χ1) is 4.35. The van der Waals surface area contributed by atoms with Gasteiger partial charge in [0, 0.05) is 7.11 Å². The molecule has 0 amide bonds. The van der Waals surface area contributed by atoms with Gasteiger partial charge in [0.05, 0.1) is 25.6 Å². The SMILES string of the molecule is COC=C(C=O)COC. The van der Waals surface area contributed by atoms with E-state index in [1.807, 2.05) is 0 Å². The van der Waals surface area contributed by atoms with Crippen LogP contribution in [0.2, 0.25) is 0 Å². The molecule has 52 valence electrons. The van der Waals surface area contributed by atoms with Gasteiger partial charge in [-0.3, -0.25) is 4.79 Å². The Labute approximate surface area is 54.3 Å². The fourth-order valence-corrected chi connectivity index (χ4v) is 0.414. The normalized spacial score (nSPS) is 11.1. The Kier molecular flexibility index (Phi) is 4.82. The van der Waals surface area contributed by atoms with E-state index in [2.05, 4.69) is 9.47 Å². The number of rotatable bonds is 4. The summed E-state index contributed by atoms with van der Waals surface area (Å²) in [6, 6.07) is 0. The van der Waals surface area contributed by atoms with Gasteiger partial charge in [0.15, 0.2) is 6.29 Å². The van der Waals surface area contributed by atoms with Crippen LogP contribution in [0.4, 0.5) is 0 Å². The summed E-state index contributed by atoms with van der Waals surface area (Å²) in [6.45, 7) is 0.303. The molecule has 0 aromatic heterocycles. The molecule has 0 aromatic rings. The van der Waals surface area contributed by atoms with E-state index >= 15 is 0 Å². The predicted octanol–water partition coefficient (Wildman–Crippen LogP) is 0.362. The Bertz CT molecular complexity index is 107. The molecule has 0 fully saturated rings. The van der Waals surface area contributed by atoms with Crippen molar-refractivity contribution in [3.05, 3.63) is 11.8 Å². The molecule has 0 aliphatic heterocycles. The summed E-state index contributed by atoms with van der Waals surface area (Å²) in [4.78, 5) is 10.1. The second-order valence-corrected chi connectivity index (χ2v) is 1.48. The highest BCUT2D eigenvalue weighted by Gasteiger charge is 1.91. The minimum Gasteiger partial charge on any atom is -0.504 e. The van der Waals surface area contributed by atoms with Crippen LogP contribution in [-0.2, 0) is 14.3 Å². The summed E-state index contributed by atoms with van der Waals surface area (Å²) in [7, 11) is 3.01. The maximum atomic E-state index is 10.1. The molecule has 3 nitrogen and oxygen atoms in total. The first kappa shape index (κ1) is 8.17. The zero-order valence-corrected chi connectivity index (χ0v) is 5.59. The number of methoxy groups -OCH3 is 2. The van der Waals surface area contributed by atoms with Crippen LogP contribution in [0, 0.1) is 0 Å². The lowest BCUT2D eigenvalue weighted by atomic mass is 10.4. The first-order valence-corrected chi connectivity index (χ1v) is 2.51. The van der Waals surface area contributed by atoms with E-state index in [-0.39, 0.29) is 0 Å². The van der Waals surface area contributed by atoms with Crippen molar-refractivity contribution in [3.63, 3.8) is 0 Å². The number of carbonyl (C=O) groups excluding carboxylic acids is 1. The monoisotopic (exact) mass is 130 g/mol. The molecular formula is C6H10O3. The summed E-state index contributed by atoms with van der Waals surface area (Å²) < 4.78 is 9.24. The average Bonchev–Trinajstić information content (AvgIpc) is 1.88. The second-order valence-electron chi connectivity index (χ2n) is 1.48. The lowest BCUT2D eigenvalue weighted by Crippen LogP contribution is -1.95. The van der Waals surface area contributed by atoms with E-state index in [1.165, 1.54) is 20.5 Å². The third-order valence-corrected chi connectivity index (χ3v) is 0.732. The van der Waals surface area contributed by atoms with Crippen molar-refractivity contribution in [2.45, 2.75) is 0 Å². The van der Waals surface area contributed by atoms with Crippen LogP contribution in [0.15, 0.2) is 11.8 Å². The Hall–Kier alpha value is -0.830. The van der Waals surface area contributed by atoms with Crippen LogP contribution >= 0.6 is 0 Å². The minimum atomic E-state index is 0.303. The molecule has 0 aliphatic rings. The minimum absolute atomic E-state index is 0.303.